The van der Waals surface area contributed by atoms with Crippen molar-refractivity contribution in [2.24, 2.45) is 5.73 Å². The molecule has 0 aromatic carbocycles. The van der Waals surface area contributed by atoms with Crippen LogP contribution in [0.25, 0.3) is 5.95 Å². The molecule has 0 radical (unpaired) electrons. The van der Waals surface area contributed by atoms with Gasteiger partial charge < -0.3 is 5.73 Å². The summed E-state index contributed by atoms with van der Waals surface area (Å²) in [6.07, 6.45) is 3.23. The highest BCUT2D eigenvalue weighted by molar-refractivity contribution is 6.28. The molecule has 0 amide bonds. The third-order valence-corrected chi connectivity index (χ3v) is 1.92. The number of hydrogen-bond donors (Lipinski definition) is 1. The minimum absolute atomic E-state index is 0.134. The summed E-state index contributed by atoms with van der Waals surface area (Å²) < 4.78 is 1.44. The van der Waals surface area contributed by atoms with Crippen molar-refractivity contribution in [3.63, 3.8) is 0 Å². The van der Waals surface area contributed by atoms with Gasteiger partial charge in [0.05, 0.1) is 6.04 Å². The molecule has 0 bridgehead atoms. The van der Waals surface area contributed by atoms with Crippen molar-refractivity contribution in [3.05, 3.63) is 29.6 Å². The lowest BCUT2D eigenvalue weighted by Gasteiger charge is -2.05. The average Bonchev–Trinajstić information content (AvgIpc) is 2.62. The van der Waals surface area contributed by atoms with Crippen LogP contribution in [0.2, 0.25) is 5.28 Å². The zero-order chi connectivity index (χ0) is 10.8. The smallest absolute Gasteiger partial charge is 0.252 e. The number of nitrogens with zero attached hydrogens (tertiary/aromatic N) is 5. The molecule has 0 spiro atoms. The fourth-order valence-corrected chi connectivity index (χ4v) is 1.30. The molecule has 2 rings (SSSR count). The SMILES string of the molecule is C[C@H](N)c1nc(Cl)nn1-c1ncccn1. The van der Waals surface area contributed by atoms with E-state index in [1.54, 1.807) is 25.4 Å². The van der Waals surface area contributed by atoms with Crippen molar-refractivity contribution < 1.29 is 0 Å². The number of nitrogens with two attached hydrogens (primary N) is 1. The number of hydrogen-bond acceptors (Lipinski definition) is 5. The van der Waals surface area contributed by atoms with E-state index < -0.39 is 0 Å². The lowest BCUT2D eigenvalue weighted by molar-refractivity contribution is 0.669. The quantitative estimate of drug-likeness (QED) is 0.813. The lowest BCUT2D eigenvalue weighted by Crippen LogP contribution is -2.14. The second-order valence-corrected chi connectivity index (χ2v) is 3.33. The molecule has 0 unspecified atom stereocenters. The summed E-state index contributed by atoms with van der Waals surface area (Å²) in [4.78, 5) is 12.1. The molecule has 0 aliphatic carbocycles. The molecule has 1 atom stereocenters. The van der Waals surface area contributed by atoms with E-state index in [0.29, 0.717) is 11.8 Å². The second-order valence-electron chi connectivity index (χ2n) is 2.99. The van der Waals surface area contributed by atoms with Crippen LogP contribution in [0.4, 0.5) is 0 Å². The molecule has 2 N–H and O–H groups in total. The van der Waals surface area contributed by atoms with Crippen molar-refractivity contribution in [1.82, 2.24) is 24.7 Å². The molecule has 2 aromatic rings. The van der Waals surface area contributed by atoms with Crippen molar-refractivity contribution in [2.75, 3.05) is 0 Å². The van der Waals surface area contributed by atoms with Crippen molar-refractivity contribution in [1.29, 1.82) is 0 Å². The summed E-state index contributed by atoms with van der Waals surface area (Å²) in [7, 11) is 0. The molecular weight excluding hydrogens is 216 g/mol. The molecule has 0 saturated heterocycles. The van der Waals surface area contributed by atoms with E-state index in [9.17, 15) is 0 Å². The first-order chi connectivity index (χ1) is 7.18. The third kappa shape index (κ3) is 1.95. The van der Waals surface area contributed by atoms with Gasteiger partial charge in [-0.3, -0.25) is 0 Å². The second kappa shape index (κ2) is 3.92. The van der Waals surface area contributed by atoms with Gasteiger partial charge in [0.15, 0.2) is 5.82 Å². The standard InChI is InChI=1S/C8H9ClN6/c1-5(10)6-13-7(9)14-15(6)8-11-3-2-4-12-8/h2-5H,10H2,1H3/t5-/m0/s1. The maximum absolute atomic E-state index is 5.73. The molecule has 0 saturated carbocycles. The average molecular weight is 225 g/mol. The monoisotopic (exact) mass is 224 g/mol. The minimum atomic E-state index is -0.284. The maximum Gasteiger partial charge on any atom is 0.252 e. The zero-order valence-electron chi connectivity index (χ0n) is 8.00. The van der Waals surface area contributed by atoms with Gasteiger partial charge >= 0.3 is 0 Å². The maximum atomic E-state index is 5.73. The Balaban J connectivity index is 2.53. The minimum Gasteiger partial charge on any atom is -0.322 e. The van der Waals surface area contributed by atoms with Gasteiger partial charge in [-0.2, -0.15) is 9.67 Å². The molecule has 0 aliphatic heterocycles. The molecule has 2 heterocycles. The van der Waals surface area contributed by atoms with E-state index in [0.717, 1.165) is 0 Å². The van der Waals surface area contributed by atoms with Gasteiger partial charge in [-0.15, -0.1) is 5.10 Å². The van der Waals surface area contributed by atoms with Crippen LogP contribution in [0.15, 0.2) is 18.5 Å². The summed E-state index contributed by atoms with van der Waals surface area (Å²) >= 11 is 5.71. The van der Waals surface area contributed by atoms with E-state index in [2.05, 4.69) is 20.1 Å². The molecule has 0 fully saturated rings. The first-order valence-electron chi connectivity index (χ1n) is 4.34. The Kier molecular flexibility index (Phi) is 2.61. The van der Waals surface area contributed by atoms with Crippen LogP contribution >= 0.6 is 11.6 Å². The lowest BCUT2D eigenvalue weighted by atomic mass is 10.3. The largest absolute Gasteiger partial charge is 0.322 e. The molecule has 78 valence electrons. The molecule has 15 heavy (non-hydrogen) atoms. The van der Waals surface area contributed by atoms with Crippen molar-refractivity contribution in [3.8, 4) is 5.95 Å². The highest BCUT2D eigenvalue weighted by Gasteiger charge is 2.15. The molecule has 7 heteroatoms. The van der Waals surface area contributed by atoms with Crippen molar-refractivity contribution in [2.45, 2.75) is 13.0 Å². The molecule has 0 aliphatic rings. The Morgan fingerprint density at radius 3 is 2.67 bits per heavy atom. The first-order valence-corrected chi connectivity index (χ1v) is 4.71. The fraction of sp³-hybridized carbons (Fsp3) is 0.250. The molecular formula is C8H9ClN6. The number of rotatable bonds is 2. The number of aromatic nitrogens is 5. The Hall–Kier alpha value is -1.53. The van der Waals surface area contributed by atoms with Gasteiger partial charge in [0, 0.05) is 12.4 Å². The van der Waals surface area contributed by atoms with Gasteiger partial charge in [0.25, 0.3) is 5.95 Å². The van der Waals surface area contributed by atoms with E-state index in [1.165, 1.54) is 4.68 Å². The Labute approximate surface area is 91.1 Å². The Morgan fingerprint density at radius 2 is 2.07 bits per heavy atom. The van der Waals surface area contributed by atoms with Crippen LogP contribution in [0, 0.1) is 0 Å². The van der Waals surface area contributed by atoms with Crippen LogP contribution in [-0.2, 0) is 0 Å². The topological polar surface area (TPSA) is 82.5 Å². The fourth-order valence-electron chi connectivity index (χ4n) is 1.14. The number of halogens is 1. The summed E-state index contributed by atoms with van der Waals surface area (Å²) in [5.41, 5.74) is 5.73. The van der Waals surface area contributed by atoms with Gasteiger partial charge in [-0.1, -0.05) is 0 Å². The highest BCUT2D eigenvalue weighted by Crippen LogP contribution is 2.13. The van der Waals surface area contributed by atoms with E-state index in [-0.39, 0.29) is 11.3 Å². The molecule has 2 aromatic heterocycles. The van der Waals surface area contributed by atoms with Gasteiger partial charge in [-0.25, -0.2) is 9.97 Å². The van der Waals surface area contributed by atoms with Crippen LogP contribution in [0.5, 0.6) is 0 Å². The van der Waals surface area contributed by atoms with Gasteiger partial charge in [0.2, 0.25) is 5.28 Å². The predicted octanol–water partition coefficient (Wildman–Crippen LogP) is 0.730. The van der Waals surface area contributed by atoms with Crippen LogP contribution in [0.1, 0.15) is 18.8 Å². The first kappa shape index (κ1) is 10.0. The van der Waals surface area contributed by atoms with Crippen molar-refractivity contribution >= 4 is 11.6 Å². The Bertz CT molecular complexity index is 451. The summed E-state index contributed by atoms with van der Waals surface area (Å²) in [5.74, 6) is 0.940. The van der Waals surface area contributed by atoms with Gasteiger partial charge in [-0.05, 0) is 24.6 Å². The zero-order valence-corrected chi connectivity index (χ0v) is 8.76. The normalized spacial score (nSPS) is 12.7. The van der Waals surface area contributed by atoms with Crippen LogP contribution in [-0.4, -0.2) is 24.7 Å². The van der Waals surface area contributed by atoms with Crippen LogP contribution in [0.3, 0.4) is 0 Å². The van der Waals surface area contributed by atoms with Crippen LogP contribution < -0.4 is 5.73 Å². The van der Waals surface area contributed by atoms with E-state index >= 15 is 0 Å². The van der Waals surface area contributed by atoms with Gasteiger partial charge in [0.1, 0.15) is 0 Å². The predicted molar refractivity (Wildman–Crippen MR) is 54.6 cm³/mol. The summed E-state index contributed by atoms with van der Waals surface area (Å²) in [5, 5.41) is 4.10. The van der Waals surface area contributed by atoms with E-state index in [4.69, 9.17) is 17.3 Å². The molecule has 6 nitrogen and oxygen atoms in total. The highest BCUT2D eigenvalue weighted by atomic mass is 35.5. The third-order valence-electron chi connectivity index (χ3n) is 1.76. The van der Waals surface area contributed by atoms with E-state index in [1.807, 2.05) is 0 Å². The summed E-state index contributed by atoms with van der Waals surface area (Å²) in [6, 6.07) is 1.43. The summed E-state index contributed by atoms with van der Waals surface area (Å²) in [6.45, 7) is 1.79. The Morgan fingerprint density at radius 1 is 1.40 bits per heavy atom.